The van der Waals surface area contributed by atoms with E-state index in [0.29, 0.717) is 13.2 Å². The minimum atomic E-state index is -0.285. The zero-order valence-corrected chi connectivity index (χ0v) is 16.0. The van der Waals surface area contributed by atoms with Gasteiger partial charge in [-0.25, -0.2) is 8.78 Å². The Morgan fingerprint density at radius 3 is 2.00 bits per heavy atom. The molecule has 140 valence electrons. The van der Waals surface area contributed by atoms with Gasteiger partial charge in [-0.2, -0.15) is 0 Å². The zero-order valence-electron chi connectivity index (χ0n) is 14.3. The average molecular weight is 405 g/mol. The summed E-state index contributed by atoms with van der Waals surface area (Å²) in [7, 11) is 0. The van der Waals surface area contributed by atoms with Crippen molar-refractivity contribution in [3.8, 4) is 0 Å². The van der Waals surface area contributed by atoms with Gasteiger partial charge in [-0.05, 0) is 35.4 Å². The van der Waals surface area contributed by atoms with Crippen molar-refractivity contribution in [3.05, 3.63) is 71.3 Å². The molecule has 0 saturated carbocycles. The van der Waals surface area contributed by atoms with Crippen molar-refractivity contribution in [2.75, 3.05) is 31.2 Å². The van der Waals surface area contributed by atoms with Gasteiger partial charge in [-0.15, -0.1) is 10.2 Å². The van der Waals surface area contributed by atoms with Crippen molar-refractivity contribution in [2.45, 2.75) is 9.59 Å². The minimum Gasteiger partial charge on any atom is -0.378 e. The van der Waals surface area contributed by atoms with E-state index in [1.165, 1.54) is 47.4 Å². The van der Waals surface area contributed by atoms with E-state index in [4.69, 9.17) is 4.74 Å². The number of ether oxygens (including phenoxy) is 1. The third-order valence-electron chi connectivity index (χ3n) is 4.24. The van der Waals surface area contributed by atoms with E-state index >= 15 is 0 Å². The number of hydrogen-bond acceptors (Lipinski definition) is 6. The van der Waals surface area contributed by atoms with Crippen LogP contribution in [0.15, 0.2) is 52.9 Å². The van der Waals surface area contributed by atoms with Crippen LogP contribution in [0.5, 0.6) is 0 Å². The van der Waals surface area contributed by atoms with Crippen molar-refractivity contribution in [2.24, 2.45) is 0 Å². The quantitative estimate of drug-likeness (QED) is 0.583. The second-order valence-electron chi connectivity index (χ2n) is 6.05. The first kappa shape index (κ1) is 18.3. The number of nitrogens with zero attached hydrogens (tertiary/aromatic N) is 3. The lowest BCUT2D eigenvalue weighted by Crippen LogP contribution is -2.36. The Hall–Kier alpha value is -2.03. The standard InChI is InChI=1S/C19H17F2N3OS2/c20-15-5-1-13(2-6-15)17(14-3-7-16(21)8-4-14)26-19-23-22-18(27-19)24-9-11-25-12-10-24/h1-8,17H,9-12H2. The Morgan fingerprint density at radius 1 is 0.889 bits per heavy atom. The summed E-state index contributed by atoms with van der Waals surface area (Å²) in [5, 5.41) is 9.37. The van der Waals surface area contributed by atoms with Crippen LogP contribution in [0.3, 0.4) is 0 Å². The number of halogens is 2. The summed E-state index contributed by atoms with van der Waals surface area (Å²) in [4.78, 5) is 2.16. The van der Waals surface area contributed by atoms with Gasteiger partial charge in [-0.1, -0.05) is 47.4 Å². The van der Waals surface area contributed by atoms with Gasteiger partial charge in [0, 0.05) is 13.1 Å². The van der Waals surface area contributed by atoms with Crippen molar-refractivity contribution >= 4 is 28.2 Å². The molecule has 0 radical (unpaired) electrons. The van der Waals surface area contributed by atoms with Gasteiger partial charge in [0.25, 0.3) is 0 Å². The highest BCUT2D eigenvalue weighted by Crippen LogP contribution is 2.42. The number of rotatable bonds is 5. The molecular formula is C19H17F2N3OS2. The maximum Gasteiger partial charge on any atom is 0.209 e. The van der Waals surface area contributed by atoms with Crippen molar-refractivity contribution in [1.29, 1.82) is 0 Å². The maximum absolute atomic E-state index is 13.3. The molecule has 0 bridgehead atoms. The van der Waals surface area contributed by atoms with Crippen LogP contribution in [0.2, 0.25) is 0 Å². The third-order valence-corrected chi connectivity index (χ3v) is 6.62. The second-order valence-corrected chi connectivity index (χ2v) is 8.36. The molecule has 0 unspecified atom stereocenters. The van der Waals surface area contributed by atoms with Gasteiger partial charge in [-0.3, -0.25) is 0 Å². The SMILES string of the molecule is Fc1ccc(C(Sc2nnc(N3CCOCC3)s2)c2ccc(F)cc2)cc1. The van der Waals surface area contributed by atoms with Crippen molar-refractivity contribution in [1.82, 2.24) is 10.2 Å². The van der Waals surface area contributed by atoms with E-state index in [9.17, 15) is 8.78 Å². The lowest BCUT2D eigenvalue weighted by Gasteiger charge is -2.25. The van der Waals surface area contributed by atoms with E-state index < -0.39 is 0 Å². The smallest absolute Gasteiger partial charge is 0.209 e. The first-order chi connectivity index (χ1) is 13.2. The molecule has 1 fully saturated rings. The molecule has 8 heteroatoms. The van der Waals surface area contributed by atoms with Gasteiger partial charge in [0.15, 0.2) is 4.34 Å². The maximum atomic E-state index is 13.3. The van der Waals surface area contributed by atoms with Gasteiger partial charge in [0.05, 0.1) is 18.5 Å². The highest BCUT2D eigenvalue weighted by molar-refractivity contribution is 8.01. The first-order valence-corrected chi connectivity index (χ1v) is 10.2. The molecule has 27 heavy (non-hydrogen) atoms. The average Bonchev–Trinajstić information content (AvgIpc) is 3.17. The summed E-state index contributed by atoms with van der Waals surface area (Å²) in [6.07, 6.45) is 0. The molecular weight excluding hydrogens is 388 g/mol. The third kappa shape index (κ3) is 4.45. The fourth-order valence-electron chi connectivity index (χ4n) is 2.84. The fraction of sp³-hybridized carbons (Fsp3) is 0.263. The number of hydrogen-bond donors (Lipinski definition) is 0. The Morgan fingerprint density at radius 2 is 1.44 bits per heavy atom. The number of morpholine rings is 1. The Kier molecular flexibility index (Phi) is 5.66. The molecule has 0 amide bonds. The van der Waals surface area contributed by atoms with E-state index in [1.54, 1.807) is 24.3 Å². The molecule has 0 aliphatic carbocycles. The molecule has 1 aliphatic heterocycles. The second kappa shape index (κ2) is 8.33. The predicted octanol–water partition coefficient (Wildman–Crippen LogP) is 4.53. The van der Waals surface area contributed by atoms with Crippen molar-refractivity contribution < 1.29 is 13.5 Å². The predicted molar refractivity (Wildman–Crippen MR) is 103 cm³/mol. The molecule has 1 aliphatic rings. The molecule has 0 N–H and O–H groups in total. The highest BCUT2D eigenvalue weighted by Gasteiger charge is 2.21. The van der Waals surface area contributed by atoms with Crippen LogP contribution in [0, 0.1) is 11.6 Å². The largest absolute Gasteiger partial charge is 0.378 e. The summed E-state index contributed by atoms with van der Waals surface area (Å²) < 4.78 is 32.9. The summed E-state index contributed by atoms with van der Waals surface area (Å²) >= 11 is 3.06. The van der Waals surface area contributed by atoms with Gasteiger partial charge >= 0.3 is 0 Å². The van der Waals surface area contributed by atoms with Gasteiger partial charge in [0.2, 0.25) is 5.13 Å². The molecule has 4 rings (SSSR count). The van der Waals surface area contributed by atoms with E-state index in [1.807, 2.05) is 0 Å². The Labute approximate surface area is 164 Å². The molecule has 2 heterocycles. The minimum absolute atomic E-state index is 0.128. The Balaban J connectivity index is 1.60. The molecule has 2 aromatic carbocycles. The van der Waals surface area contributed by atoms with Crippen LogP contribution in [-0.2, 0) is 4.74 Å². The number of anilines is 1. The zero-order chi connectivity index (χ0) is 18.6. The van der Waals surface area contributed by atoms with Gasteiger partial charge < -0.3 is 9.64 Å². The number of aromatic nitrogens is 2. The summed E-state index contributed by atoms with van der Waals surface area (Å²) in [5.41, 5.74) is 1.85. The molecule has 3 aromatic rings. The lowest BCUT2D eigenvalue weighted by atomic mass is 10.0. The van der Waals surface area contributed by atoms with E-state index in [0.717, 1.165) is 33.7 Å². The summed E-state index contributed by atoms with van der Waals surface area (Å²) in [6.45, 7) is 2.99. The van der Waals surface area contributed by atoms with Crippen LogP contribution >= 0.6 is 23.1 Å². The molecule has 4 nitrogen and oxygen atoms in total. The van der Waals surface area contributed by atoms with Crippen molar-refractivity contribution in [3.63, 3.8) is 0 Å². The van der Waals surface area contributed by atoms with E-state index in [-0.39, 0.29) is 16.9 Å². The van der Waals surface area contributed by atoms with E-state index in [2.05, 4.69) is 15.1 Å². The Bertz CT molecular complexity index is 835. The van der Waals surface area contributed by atoms with Crippen LogP contribution in [0.1, 0.15) is 16.4 Å². The summed E-state index contributed by atoms with van der Waals surface area (Å²) in [6, 6.07) is 12.7. The first-order valence-electron chi connectivity index (χ1n) is 8.53. The fourth-order valence-corrected chi connectivity index (χ4v) is 5.05. The normalized spacial score (nSPS) is 14.7. The van der Waals surface area contributed by atoms with Crippen LogP contribution in [0.4, 0.5) is 13.9 Å². The van der Waals surface area contributed by atoms with Crippen LogP contribution in [0.25, 0.3) is 0 Å². The molecule has 0 spiro atoms. The highest BCUT2D eigenvalue weighted by atomic mass is 32.2. The number of benzene rings is 2. The molecule has 1 aromatic heterocycles. The molecule has 0 atom stereocenters. The lowest BCUT2D eigenvalue weighted by molar-refractivity contribution is 0.122. The van der Waals surface area contributed by atoms with Crippen LogP contribution in [-0.4, -0.2) is 36.5 Å². The monoisotopic (exact) mass is 405 g/mol. The summed E-state index contributed by atoms with van der Waals surface area (Å²) in [5.74, 6) is -0.570. The van der Waals surface area contributed by atoms with Crippen LogP contribution < -0.4 is 4.90 Å². The molecule has 1 saturated heterocycles. The topological polar surface area (TPSA) is 38.2 Å². The number of thioether (sulfide) groups is 1. The van der Waals surface area contributed by atoms with Gasteiger partial charge in [0.1, 0.15) is 11.6 Å².